The van der Waals surface area contributed by atoms with Crippen LogP contribution in [0.5, 0.6) is 0 Å². The van der Waals surface area contributed by atoms with E-state index in [1.54, 1.807) is 0 Å². The summed E-state index contributed by atoms with van der Waals surface area (Å²) in [6, 6.07) is 0. The molecule has 0 rings (SSSR count). The van der Waals surface area contributed by atoms with Gasteiger partial charge in [-0.05, 0) is 34.2 Å². The molecule has 0 saturated carbocycles. The van der Waals surface area contributed by atoms with Crippen LogP contribution in [0, 0.1) is 0 Å². The second-order valence-electron chi connectivity index (χ2n) is 3.86. The molecule has 0 aliphatic heterocycles. The summed E-state index contributed by atoms with van der Waals surface area (Å²) in [7, 11) is 5.85. The Bertz CT molecular complexity index is 120. The maximum Gasteiger partial charge on any atom is 0.204 e. The van der Waals surface area contributed by atoms with Gasteiger partial charge in [0.15, 0.2) is 0 Å². The predicted octanol–water partition coefficient (Wildman–Crippen LogP) is 0.747. The van der Waals surface area contributed by atoms with E-state index in [4.69, 9.17) is 4.43 Å². The van der Waals surface area contributed by atoms with Crippen LogP contribution >= 0.6 is 0 Å². The molecule has 0 spiro atoms. The Labute approximate surface area is 84.4 Å². The van der Waals surface area contributed by atoms with Gasteiger partial charge in [0, 0.05) is 26.2 Å². The number of nitrogens with zero attached hydrogens (tertiary/aromatic N) is 2. The zero-order valence-electron chi connectivity index (χ0n) is 9.63. The summed E-state index contributed by atoms with van der Waals surface area (Å²) in [4.78, 5) is 4.51. The first kappa shape index (κ1) is 13.1. The van der Waals surface area contributed by atoms with Crippen molar-refractivity contribution in [2.75, 3.05) is 47.4 Å². The lowest BCUT2D eigenvalue weighted by atomic mass is 10.5. The van der Waals surface area contributed by atoms with Gasteiger partial charge in [-0.25, -0.2) is 0 Å². The maximum atomic E-state index is 5.57. The van der Waals surface area contributed by atoms with Crippen LogP contribution < -0.4 is 0 Å². The predicted molar refractivity (Wildman–Crippen MR) is 59.5 cm³/mol. The van der Waals surface area contributed by atoms with E-state index >= 15 is 0 Å². The van der Waals surface area contributed by atoms with Crippen LogP contribution in [-0.2, 0) is 4.43 Å². The van der Waals surface area contributed by atoms with E-state index in [-0.39, 0.29) is 0 Å². The van der Waals surface area contributed by atoms with Gasteiger partial charge in [-0.2, -0.15) is 0 Å². The second kappa shape index (κ2) is 7.50. The summed E-state index contributed by atoms with van der Waals surface area (Å²) in [6.07, 6.45) is 0. The quantitative estimate of drug-likeness (QED) is 0.568. The molecule has 0 saturated heterocycles. The number of hydrogen-bond donors (Lipinski definition) is 0. The first-order chi connectivity index (χ1) is 6.02. The molecular weight excluding hydrogens is 180 g/mol. The Kier molecular flexibility index (Phi) is 7.55. The second-order valence-corrected chi connectivity index (χ2v) is 5.97. The third-order valence-corrected chi connectivity index (χ3v) is 2.57. The lowest BCUT2D eigenvalue weighted by Crippen LogP contribution is -2.31. The van der Waals surface area contributed by atoms with E-state index < -0.39 is 9.04 Å². The highest BCUT2D eigenvalue weighted by Gasteiger charge is 2.00. The highest BCUT2D eigenvalue weighted by Crippen LogP contribution is 1.87. The summed E-state index contributed by atoms with van der Waals surface area (Å²) in [5.74, 6) is 0. The largest absolute Gasteiger partial charge is 0.416 e. The van der Waals surface area contributed by atoms with Crippen molar-refractivity contribution in [2.45, 2.75) is 13.1 Å². The van der Waals surface area contributed by atoms with Crippen molar-refractivity contribution in [1.82, 2.24) is 9.80 Å². The zero-order chi connectivity index (χ0) is 10.3. The van der Waals surface area contributed by atoms with Crippen molar-refractivity contribution < 1.29 is 4.43 Å². The van der Waals surface area contributed by atoms with E-state index in [1.165, 1.54) is 0 Å². The van der Waals surface area contributed by atoms with Crippen molar-refractivity contribution >= 4 is 9.04 Å². The van der Waals surface area contributed by atoms with E-state index in [1.807, 2.05) is 0 Å². The minimum atomic E-state index is -0.498. The average molecular weight is 203 g/mol. The fraction of sp³-hybridized carbons (Fsp3) is 1.00. The Balaban J connectivity index is 3.25. The molecule has 0 aliphatic rings. The molecule has 1 radical (unpaired) electrons. The highest BCUT2D eigenvalue weighted by molar-refractivity contribution is 6.48. The molecule has 79 valence electrons. The molecule has 0 aromatic rings. The Morgan fingerprint density at radius 3 is 2.08 bits per heavy atom. The summed E-state index contributed by atoms with van der Waals surface area (Å²) >= 11 is 0. The Hall–Kier alpha value is 0.0969. The van der Waals surface area contributed by atoms with Gasteiger partial charge in [-0.15, -0.1) is 0 Å². The molecule has 0 amide bonds. The first-order valence-electron chi connectivity index (χ1n) is 4.78. The van der Waals surface area contributed by atoms with Crippen molar-refractivity contribution in [1.29, 1.82) is 0 Å². The van der Waals surface area contributed by atoms with Crippen molar-refractivity contribution in [3.8, 4) is 0 Å². The molecule has 0 aromatic heterocycles. The molecule has 0 atom stereocenters. The number of likely N-dealkylation sites (N-methyl/N-ethyl adjacent to an activating group) is 2. The van der Waals surface area contributed by atoms with Crippen LogP contribution in [0.1, 0.15) is 0 Å². The van der Waals surface area contributed by atoms with Crippen LogP contribution in [0.3, 0.4) is 0 Å². The normalized spacial score (nSPS) is 12.0. The minimum Gasteiger partial charge on any atom is -0.416 e. The van der Waals surface area contributed by atoms with Crippen LogP contribution in [0.25, 0.3) is 0 Å². The molecule has 0 N–H and O–H groups in total. The average Bonchev–Trinajstić information content (AvgIpc) is 2.00. The third kappa shape index (κ3) is 10.0. The Morgan fingerprint density at radius 2 is 1.62 bits per heavy atom. The van der Waals surface area contributed by atoms with Gasteiger partial charge < -0.3 is 14.2 Å². The topological polar surface area (TPSA) is 15.7 Å². The third-order valence-electron chi connectivity index (χ3n) is 1.79. The molecule has 0 aliphatic carbocycles. The van der Waals surface area contributed by atoms with Gasteiger partial charge in [-0.1, -0.05) is 0 Å². The van der Waals surface area contributed by atoms with Crippen LogP contribution in [-0.4, -0.2) is 66.2 Å². The van der Waals surface area contributed by atoms with Crippen LogP contribution in [0.4, 0.5) is 0 Å². The van der Waals surface area contributed by atoms with E-state index in [0.717, 1.165) is 26.2 Å². The summed E-state index contributed by atoms with van der Waals surface area (Å²) in [6.45, 7) is 8.50. The maximum absolute atomic E-state index is 5.57. The number of rotatable bonds is 7. The van der Waals surface area contributed by atoms with Gasteiger partial charge in [-0.3, -0.25) is 0 Å². The first-order valence-corrected chi connectivity index (χ1v) is 7.19. The van der Waals surface area contributed by atoms with E-state index in [9.17, 15) is 0 Å². The van der Waals surface area contributed by atoms with Crippen molar-refractivity contribution in [2.24, 2.45) is 0 Å². The molecule has 0 bridgehead atoms. The molecule has 3 nitrogen and oxygen atoms in total. The minimum absolute atomic E-state index is 0.498. The number of hydrogen-bond acceptors (Lipinski definition) is 3. The van der Waals surface area contributed by atoms with Crippen LogP contribution in [0.2, 0.25) is 13.1 Å². The molecule has 13 heavy (non-hydrogen) atoms. The highest BCUT2D eigenvalue weighted by atomic mass is 28.3. The lowest BCUT2D eigenvalue weighted by Gasteiger charge is -2.19. The Morgan fingerprint density at radius 1 is 1.00 bits per heavy atom. The lowest BCUT2D eigenvalue weighted by molar-refractivity contribution is 0.224. The van der Waals surface area contributed by atoms with Gasteiger partial charge in [0.05, 0.1) is 0 Å². The standard InChI is InChI=1S/C9H23N2OSi/c1-10(2)6-7-11(3)8-9-12-13(4)5/h6-9H2,1-5H3. The van der Waals surface area contributed by atoms with E-state index in [2.05, 4.69) is 44.0 Å². The smallest absolute Gasteiger partial charge is 0.204 e. The SMILES string of the molecule is CN(C)CCN(C)CCO[Si](C)C. The summed E-state index contributed by atoms with van der Waals surface area (Å²) < 4.78 is 5.57. The van der Waals surface area contributed by atoms with Gasteiger partial charge in [0.2, 0.25) is 9.04 Å². The molecule has 0 unspecified atom stereocenters. The molecule has 4 heteroatoms. The molecular formula is C9H23N2OSi. The van der Waals surface area contributed by atoms with Crippen molar-refractivity contribution in [3.63, 3.8) is 0 Å². The fourth-order valence-corrected chi connectivity index (χ4v) is 1.39. The van der Waals surface area contributed by atoms with E-state index in [0.29, 0.717) is 0 Å². The monoisotopic (exact) mass is 203 g/mol. The molecule has 0 aromatic carbocycles. The van der Waals surface area contributed by atoms with Gasteiger partial charge in [0.1, 0.15) is 0 Å². The molecule has 0 heterocycles. The van der Waals surface area contributed by atoms with Crippen LogP contribution in [0.15, 0.2) is 0 Å². The van der Waals surface area contributed by atoms with Gasteiger partial charge >= 0.3 is 0 Å². The fourth-order valence-electron chi connectivity index (χ4n) is 0.888. The van der Waals surface area contributed by atoms with Gasteiger partial charge in [0.25, 0.3) is 0 Å². The molecule has 0 fully saturated rings. The zero-order valence-corrected chi connectivity index (χ0v) is 10.6. The van der Waals surface area contributed by atoms with Crippen molar-refractivity contribution in [3.05, 3.63) is 0 Å². The summed E-state index contributed by atoms with van der Waals surface area (Å²) in [5, 5.41) is 0. The summed E-state index contributed by atoms with van der Waals surface area (Å²) in [5.41, 5.74) is 0.